The third-order valence-corrected chi connectivity index (χ3v) is 4.24. The van der Waals surface area contributed by atoms with E-state index in [0.29, 0.717) is 11.4 Å². The lowest BCUT2D eigenvalue weighted by Crippen LogP contribution is -1.91. The minimum absolute atomic E-state index is 0.0158. The van der Waals surface area contributed by atoms with E-state index in [4.69, 9.17) is 4.52 Å². The first-order valence-corrected chi connectivity index (χ1v) is 6.76. The predicted molar refractivity (Wildman–Crippen MR) is 67.5 cm³/mol. The number of nitrogens with zero attached hydrogens (tertiary/aromatic N) is 2. The van der Waals surface area contributed by atoms with Gasteiger partial charge >= 0.3 is 0 Å². The van der Waals surface area contributed by atoms with Crippen molar-refractivity contribution in [1.82, 2.24) is 10.1 Å². The largest absolute Gasteiger partial charge is 0.508 e. The molecule has 6 heteroatoms. The van der Waals surface area contributed by atoms with Gasteiger partial charge in [0.1, 0.15) is 11.5 Å². The molecule has 5 nitrogen and oxygen atoms in total. The molecule has 1 fully saturated rings. The van der Waals surface area contributed by atoms with E-state index in [1.54, 1.807) is 0 Å². The summed E-state index contributed by atoms with van der Waals surface area (Å²) in [6.07, 6.45) is 2.21. The highest BCUT2D eigenvalue weighted by atomic mass is 32.2. The minimum Gasteiger partial charge on any atom is -0.508 e. The van der Waals surface area contributed by atoms with Gasteiger partial charge in [-0.25, -0.2) is 0 Å². The van der Waals surface area contributed by atoms with Crippen molar-refractivity contribution < 1.29 is 14.7 Å². The second kappa shape index (κ2) is 4.53. The number of phenolic OH excluding ortho intramolecular Hbond substituents is 2. The highest BCUT2D eigenvalue weighted by molar-refractivity contribution is 7.99. The molecular formula is C12H12N2O3S. The maximum absolute atomic E-state index is 9.72. The molecule has 1 aliphatic heterocycles. The number of hydrogen-bond donors (Lipinski definition) is 2. The van der Waals surface area contributed by atoms with Gasteiger partial charge in [-0.3, -0.25) is 0 Å². The van der Waals surface area contributed by atoms with Crippen LogP contribution in [0.1, 0.15) is 23.9 Å². The first-order chi connectivity index (χ1) is 8.74. The number of benzene rings is 1. The normalized spacial score (nSPS) is 19.2. The molecule has 1 aliphatic rings. The Morgan fingerprint density at radius 1 is 1.33 bits per heavy atom. The molecule has 2 heterocycles. The second-order valence-electron chi connectivity index (χ2n) is 4.16. The number of thioether (sulfide) groups is 1. The molecular weight excluding hydrogens is 252 g/mol. The highest BCUT2D eigenvalue weighted by Gasteiger charge is 2.24. The summed E-state index contributed by atoms with van der Waals surface area (Å²) in [5, 5.41) is 23.4. The SMILES string of the molecule is Oc1ccc(O)c(-c2nc(C3CCCS3)no2)c1. The van der Waals surface area contributed by atoms with Crippen molar-refractivity contribution in [3.8, 4) is 23.0 Å². The Labute approximate surface area is 108 Å². The topological polar surface area (TPSA) is 79.4 Å². The lowest BCUT2D eigenvalue weighted by Gasteiger charge is -2.00. The van der Waals surface area contributed by atoms with Gasteiger partial charge in [-0.2, -0.15) is 16.7 Å². The van der Waals surface area contributed by atoms with Crippen LogP contribution >= 0.6 is 11.8 Å². The zero-order valence-electron chi connectivity index (χ0n) is 9.54. The van der Waals surface area contributed by atoms with Crippen LogP contribution in [0.5, 0.6) is 11.5 Å². The number of aromatic hydroxyl groups is 2. The third-order valence-electron chi connectivity index (χ3n) is 2.87. The Morgan fingerprint density at radius 3 is 3.00 bits per heavy atom. The van der Waals surface area contributed by atoms with E-state index in [1.807, 2.05) is 11.8 Å². The van der Waals surface area contributed by atoms with Crippen LogP contribution in [0, 0.1) is 0 Å². The van der Waals surface area contributed by atoms with Crippen LogP contribution in [0.3, 0.4) is 0 Å². The Hall–Kier alpha value is -1.69. The molecule has 18 heavy (non-hydrogen) atoms. The molecule has 0 radical (unpaired) electrons. The molecule has 1 unspecified atom stereocenters. The summed E-state index contributed by atoms with van der Waals surface area (Å²) < 4.78 is 5.15. The smallest absolute Gasteiger partial charge is 0.261 e. The average molecular weight is 264 g/mol. The Bertz CT molecular complexity index is 564. The van der Waals surface area contributed by atoms with E-state index in [1.165, 1.54) is 18.2 Å². The van der Waals surface area contributed by atoms with Gasteiger partial charge in [-0.05, 0) is 36.8 Å². The summed E-state index contributed by atoms with van der Waals surface area (Å²) in [5.74, 6) is 2.09. The van der Waals surface area contributed by atoms with Crippen LogP contribution in [0.25, 0.3) is 11.5 Å². The Balaban J connectivity index is 1.94. The molecule has 1 saturated heterocycles. The van der Waals surface area contributed by atoms with Crippen LogP contribution < -0.4 is 0 Å². The Morgan fingerprint density at radius 2 is 2.22 bits per heavy atom. The van der Waals surface area contributed by atoms with E-state index < -0.39 is 0 Å². The molecule has 1 aromatic carbocycles. The molecule has 2 N–H and O–H groups in total. The summed E-state index contributed by atoms with van der Waals surface area (Å²) in [6, 6.07) is 4.22. The van der Waals surface area contributed by atoms with Crippen LogP contribution in [0.2, 0.25) is 0 Å². The van der Waals surface area contributed by atoms with Crippen molar-refractivity contribution in [2.24, 2.45) is 0 Å². The number of phenols is 2. The van der Waals surface area contributed by atoms with Crippen molar-refractivity contribution in [3.63, 3.8) is 0 Å². The lowest BCUT2D eigenvalue weighted by molar-refractivity contribution is 0.415. The summed E-state index contributed by atoms with van der Waals surface area (Å²) in [7, 11) is 0. The van der Waals surface area contributed by atoms with E-state index in [-0.39, 0.29) is 22.6 Å². The molecule has 0 bridgehead atoms. The zero-order chi connectivity index (χ0) is 12.5. The molecule has 0 amide bonds. The Kier molecular flexibility index (Phi) is 2.87. The zero-order valence-corrected chi connectivity index (χ0v) is 10.4. The minimum atomic E-state index is 0.0158. The first kappa shape index (κ1) is 11.4. The summed E-state index contributed by atoms with van der Waals surface area (Å²) in [6.45, 7) is 0. The van der Waals surface area contributed by atoms with Gasteiger partial charge in [0.25, 0.3) is 5.89 Å². The average Bonchev–Trinajstić information content (AvgIpc) is 3.00. The van der Waals surface area contributed by atoms with Crippen LogP contribution in [-0.4, -0.2) is 26.1 Å². The molecule has 0 spiro atoms. The number of aromatic nitrogens is 2. The predicted octanol–water partition coefficient (Wildman–Crippen LogP) is 2.72. The van der Waals surface area contributed by atoms with E-state index in [0.717, 1.165) is 18.6 Å². The molecule has 1 aromatic heterocycles. The fourth-order valence-electron chi connectivity index (χ4n) is 1.95. The summed E-state index contributed by atoms with van der Waals surface area (Å²) in [5.41, 5.74) is 0.358. The second-order valence-corrected chi connectivity index (χ2v) is 5.47. The van der Waals surface area contributed by atoms with Crippen molar-refractivity contribution in [2.45, 2.75) is 18.1 Å². The van der Waals surface area contributed by atoms with Crippen molar-refractivity contribution >= 4 is 11.8 Å². The molecule has 2 aromatic rings. The van der Waals surface area contributed by atoms with E-state index in [9.17, 15) is 10.2 Å². The van der Waals surface area contributed by atoms with Crippen LogP contribution in [0.15, 0.2) is 22.7 Å². The quantitative estimate of drug-likeness (QED) is 0.812. The third kappa shape index (κ3) is 2.03. The fraction of sp³-hybridized carbons (Fsp3) is 0.333. The van der Waals surface area contributed by atoms with E-state index in [2.05, 4.69) is 10.1 Å². The highest BCUT2D eigenvalue weighted by Crippen LogP contribution is 2.39. The van der Waals surface area contributed by atoms with Gasteiger partial charge in [0.2, 0.25) is 0 Å². The standard InChI is InChI=1S/C12H12N2O3S/c15-7-3-4-9(16)8(6-7)12-13-11(14-17-12)10-2-1-5-18-10/h3-4,6,10,15-16H,1-2,5H2. The van der Waals surface area contributed by atoms with Gasteiger partial charge in [-0.1, -0.05) is 5.16 Å². The van der Waals surface area contributed by atoms with Gasteiger partial charge in [0, 0.05) is 0 Å². The van der Waals surface area contributed by atoms with Crippen molar-refractivity contribution in [1.29, 1.82) is 0 Å². The van der Waals surface area contributed by atoms with Crippen LogP contribution in [0.4, 0.5) is 0 Å². The van der Waals surface area contributed by atoms with Gasteiger partial charge in [-0.15, -0.1) is 0 Å². The van der Waals surface area contributed by atoms with Crippen molar-refractivity contribution in [2.75, 3.05) is 5.75 Å². The fourth-order valence-corrected chi connectivity index (χ4v) is 3.15. The van der Waals surface area contributed by atoms with E-state index >= 15 is 0 Å². The molecule has 94 valence electrons. The molecule has 0 saturated carbocycles. The van der Waals surface area contributed by atoms with Crippen LogP contribution in [-0.2, 0) is 0 Å². The van der Waals surface area contributed by atoms with Gasteiger partial charge in [0.05, 0.1) is 10.8 Å². The maximum Gasteiger partial charge on any atom is 0.261 e. The number of hydrogen-bond acceptors (Lipinski definition) is 6. The summed E-state index contributed by atoms with van der Waals surface area (Å²) in [4.78, 5) is 4.29. The lowest BCUT2D eigenvalue weighted by atomic mass is 10.2. The van der Waals surface area contributed by atoms with Gasteiger partial charge in [0.15, 0.2) is 5.82 Å². The van der Waals surface area contributed by atoms with Gasteiger partial charge < -0.3 is 14.7 Å². The number of rotatable bonds is 2. The molecule has 3 rings (SSSR count). The monoisotopic (exact) mass is 264 g/mol. The van der Waals surface area contributed by atoms with Crippen molar-refractivity contribution in [3.05, 3.63) is 24.0 Å². The summed E-state index contributed by atoms with van der Waals surface area (Å²) >= 11 is 1.81. The first-order valence-electron chi connectivity index (χ1n) is 5.71. The molecule has 1 atom stereocenters. The molecule has 0 aliphatic carbocycles. The maximum atomic E-state index is 9.72.